The highest BCUT2D eigenvalue weighted by Gasteiger charge is 3.07. The van der Waals surface area contributed by atoms with Crippen LogP contribution in [0.1, 0.15) is 25.7 Å². The normalized spacial score (nSPS) is 102. The first-order valence-corrected chi connectivity index (χ1v) is 14.9. The molecule has 0 aromatic rings. The predicted octanol–water partition coefficient (Wildman–Crippen LogP) is 4.51. The molecule has 15 saturated carbocycles. The van der Waals surface area contributed by atoms with E-state index in [0.717, 1.165) is 10.8 Å². The lowest BCUT2D eigenvalue weighted by molar-refractivity contribution is -0.538. The molecule has 30 heavy (non-hydrogen) atoms. The van der Waals surface area contributed by atoms with Gasteiger partial charge in [-0.3, -0.25) is 0 Å². The summed E-state index contributed by atoms with van der Waals surface area (Å²) in [6.07, 6.45) is 6.87. The Morgan fingerprint density at radius 2 is 0.933 bits per heavy atom. The molecular weight excluding hydrogens is 360 g/mol. The van der Waals surface area contributed by atoms with Crippen molar-refractivity contribution in [2.24, 2.45) is 153 Å². The van der Waals surface area contributed by atoms with Gasteiger partial charge in [-0.1, -0.05) is 0 Å². The SMILES string of the molecule is C1CC2C1C1C2C2C1C1C2C2C1C1C3C4CC5C6CC7C(C12)C1C2C8C3C4C58C2C761. The zero-order valence-corrected chi connectivity index (χ0v) is 17.7. The molecule has 0 aromatic heterocycles. The van der Waals surface area contributed by atoms with Gasteiger partial charge in [0.1, 0.15) is 0 Å². The first-order valence-electron chi connectivity index (χ1n) is 14.9. The van der Waals surface area contributed by atoms with Gasteiger partial charge in [-0.05, 0) is 179 Å². The summed E-state index contributed by atoms with van der Waals surface area (Å²) in [5.74, 6) is 31.5. The van der Waals surface area contributed by atoms with Crippen molar-refractivity contribution in [3.05, 3.63) is 0 Å². The maximum Gasteiger partial charge on any atom is -0.0162 e. The Kier molecular flexibility index (Phi) is 1.28. The van der Waals surface area contributed by atoms with Crippen LogP contribution in [0.15, 0.2) is 0 Å². The molecule has 0 heteroatoms. The minimum absolute atomic E-state index is 1.05. The van der Waals surface area contributed by atoms with Crippen LogP contribution in [0.5, 0.6) is 0 Å². The van der Waals surface area contributed by atoms with Gasteiger partial charge in [0.05, 0.1) is 0 Å². The van der Waals surface area contributed by atoms with Gasteiger partial charge < -0.3 is 0 Å². The van der Waals surface area contributed by atoms with Crippen LogP contribution in [0.3, 0.4) is 0 Å². The summed E-state index contributed by atoms with van der Waals surface area (Å²) < 4.78 is 0. The zero-order valence-electron chi connectivity index (χ0n) is 17.7. The minimum atomic E-state index is 1.05. The van der Waals surface area contributed by atoms with Crippen molar-refractivity contribution in [2.75, 3.05) is 0 Å². The van der Waals surface area contributed by atoms with Crippen LogP contribution in [-0.4, -0.2) is 0 Å². The van der Waals surface area contributed by atoms with Crippen molar-refractivity contribution in [1.82, 2.24) is 0 Å². The molecule has 26 atom stereocenters. The molecule has 0 bridgehead atoms. The van der Waals surface area contributed by atoms with E-state index in [1.54, 1.807) is 25.7 Å². The summed E-state index contributed by atoms with van der Waals surface area (Å²) in [6, 6.07) is 0. The quantitative estimate of drug-likeness (QED) is 0.532. The van der Waals surface area contributed by atoms with E-state index in [-0.39, 0.29) is 0 Å². The van der Waals surface area contributed by atoms with Crippen LogP contribution in [0.2, 0.25) is 0 Å². The Hall–Kier alpha value is 0. The lowest BCUT2D eigenvalue weighted by atomic mass is 9.04. The van der Waals surface area contributed by atoms with E-state index in [2.05, 4.69) is 0 Å². The van der Waals surface area contributed by atoms with Gasteiger partial charge in [0.15, 0.2) is 0 Å². The largest absolute Gasteiger partial charge is 0.0496 e. The molecule has 15 fully saturated rings. The van der Waals surface area contributed by atoms with Gasteiger partial charge >= 0.3 is 0 Å². The minimum Gasteiger partial charge on any atom is -0.0496 e. The average Bonchev–Trinajstić information content (AvgIpc) is 2.96. The highest BCUT2D eigenvalue weighted by molar-refractivity contribution is 5.53. The van der Waals surface area contributed by atoms with Crippen LogP contribution in [0.25, 0.3) is 0 Å². The number of hydrogen-bond acceptors (Lipinski definition) is 0. The average molecular weight is 393 g/mol. The molecule has 0 radical (unpaired) electrons. The molecule has 15 aliphatic rings. The van der Waals surface area contributed by atoms with E-state index in [0.29, 0.717) is 0 Å². The lowest BCUT2D eigenvalue weighted by Gasteiger charge is -3.00. The van der Waals surface area contributed by atoms with Gasteiger partial charge in [0.2, 0.25) is 0 Å². The van der Waals surface area contributed by atoms with Gasteiger partial charge in [0, 0.05) is 0 Å². The summed E-state index contributed by atoms with van der Waals surface area (Å²) >= 11 is 0. The van der Waals surface area contributed by atoms with Crippen molar-refractivity contribution in [1.29, 1.82) is 0 Å². The number of fused-ring (bicyclic) bond motifs is 21. The molecule has 152 valence electrons. The number of rotatable bonds is 0. The second kappa shape index (κ2) is 2.94. The molecule has 15 aliphatic carbocycles. The first-order chi connectivity index (χ1) is 14.9. The monoisotopic (exact) mass is 392 g/mol. The molecular formula is C30H32. The van der Waals surface area contributed by atoms with E-state index in [1.807, 2.05) is 0 Å². The molecule has 26 unspecified atom stereocenters. The third-order valence-corrected chi connectivity index (χ3v) is 19.6. The maximum absolute atomic E-state index is 1.79. The Morgan fingerprint density at radius 3 is 1.63 bits per heavy atom. The summed E-state index contributed by atoms with van der Waals surface area (Å²) in [5, 5.41) is 0. The second-order valence-corrected chi connectivity index (χ2v) is 17.0. The van der Waals surface area contributed by atoms with Crippen molar-refractivity contribution in [2.45, 2.75) is 25.7 Å². The fourth-order valence-electron chi connectivity index (χ4n) is 20.7. The van der Waals surface area contributed by atoms with E-state index in [1.165, 1.54) is 142 Å². The molecule has 0 nitrogen and oxygen atoms in total. The van der Waals surface area contributed by atoms with Crippen molar-refractivity contribution in [3.63, 3.8) is 0 Å². The Balaban J connectivity index is 0.946. The molecule has 0 amide bonds. The molecule has 0 N–H and O–H groups in total. The summed E-state index contributed by atoms with van der Waals surface area (Å²) in [4.78, 5) is 0. The van der Waals surface area contributed by atoms with E-state index >= 15 is 0 Å². The molecule has 0 saturated heterocycles. The Labute approximate surface area is 178 Å². The molecule has 0 heterocycles. The van der Waals surface area contributed by atoms with E-state index in [9.17, 15) is 0 Å². The van der Waals surface area contributed by atoms with Gasteiger partial charge in [0.25, 0.3) is 0 Å². The molecule has 15 rings (SSSR count). The summed E-state index contributed by atoms with van der Waals surface area (Å²) in [5.41, 5.74) is 2.09. The summed E-state index contributed by atoms with van der Waals surface area (Å²) in [7, 11) is 0. The third kappa shape index (κ3) is 0.652. The van der Waals surface area contributed by atoms with Crippen molar-refractivity contribution >= 4 is 0 Å². The van der Waals surface area contributed by atoms with E-state index in [4.69, 9.17) is 0 Å². The third-order valence-electron chi connectivity index (χ3n) is 19.6. The van der Waals surface area contributed by atoms with Crippen LogP contribution in [-0.2, 0) is 0 Å². The molecule has 0 aromatic carbocycles. The topological polar surface area (TPSA) is 0 Å². The second-order valence-electron chi connectivity index (χ2n) is 17.0. The lowest BCUT2D eigenvalue weighted by Crippen LogP contribution is -2.97. The van der Waals surface area contributed by atoms with Gasteiger partial charge in [-0.15, -0.1) is 0 Å². The van der Waals surface area contributed by atoms with E-state index < -0.39 is 0 Å². The maximum atomic E-state index is 1.79. The number of hydrogen-bond donors (Lipinski definition) is 0. The predicted molar refractivity (Wildman–Crippen MR) is 107 cm³/mol. The van der Waals surface area contributed by atoms with Crippen LogP contribution in [0, 0.1) is 153 Å². The summed E-state index contributed by atoms with van der Waals surface area (Å²) in [6.45, 7) is 0. The van der Waals surface area contributed by atoms with Crippen LogP contribution in [0.4, 0.5) is 0 Å². The van der Waals surface area contributed by atoms with Gasteiger partial charge in [-0.2, -0.15) is 0 Å². The zero-order chi connectivity index (χ0) is 17.7. The van der Waals surface area contributed by atoms with Crippen LogP contribution < -0.4 is 0 Å². The first kappa shape index (κ1) is 13.0. The Morgan fingerprint density at radius 1 is 0.367 bits per heavy atom. The standard InChI is InChI=1S/C30H32/c1-2-6-5(1)11-12(6)16-15(11)19-20(16)22-18-14-10-4-9-8-3-7-13(17(18)21(19)22)23-25(7)30(8)27(23)24-26(14)29(9,10)28(24)30/h5-28H,1-4H2. The van der Waals surface area contributed by atoms with Gasteiger partial charge in [-0.25, -0.2) is 0 Å². The molecule has 2 spiro atoms. The fraction of sp³-hybridized carbons (Fsp3) is 1.00. The van der Waals surface area contributed by atoms with Crippen LogP contribution >= 0.6 is 0 Å². The highest BCUT2D eigenvalue weighted by Crippen LogP contribution is 3.10. The smallest absolute Gasteiger partial charge is 0.0162 e. The van der Waals surface area contributed by atoms with Crippen molar-refractivity contribution < 1.29 is 0 Å². The molecule has 0 aliphatic heterocycles. The van der Waals surface area contributed by atoms with Crippen molar-refractivity contribution in [3.8, 4) is 0 Å². The Bertz CT molecular complexity index is 1090. The highest BCUT2D eigenvalue weighted by atomic mass is 15.1. The fourth-order valence-corrected chi connectivity index (χ4v) is 20.7.